The Balaban J connectivity index is 1.68. The van der Waals surface area contributed by atoms with Crippen LogP contribution >= 0.6 is 27.3 Å². The lowest BCUT2D eigenvalue weighted by molar-refractivity contribution is -0.119. The zero-order valence-corrected chi connectivity index (χ0v) is 15.6. The molecule has 1 aromatic heterocycles. The number of thiophene rings is 1. The van der Waals surface area contributed by atoms with Crippen molar-refractivity contribution in [1.82, 2.24) is 5.32 Å². The van der Waals surface area contributed by atoms with E-state index in [4.69, 9.17) is 0 Å². The van der Waals surface area contributed by atoms with Gasteiger partial charge in [0.15, 0.2) is 0 Å². The molecule has 3 rings (SSSR count). The molecule has 3 nitrogen and oxygen atoms in total. The van der Waals surface area contributed by atoms with Crippen LogP contribution in [-0.4, -0.2) is 12.5 Å². The van der Waals surface area contributed by atoms with Crippen LogP contribution in [0, 0.1) is 5.82 Å². The predicted molar refractivity (Wildman–Crippen MR) is 103 cm³/mol. The minimum Gasteiger partial charge on any atom is -0.374 e. The highest BCUT2D eigenvalue weighted by Crippen LogP contribution is 2.26. The summed E-state index contributed by atoms with van der Waals surface area (Å²) in [5.41, 5.74) is 1.30. The predicted octanol–water partition coefficient (Wildman–Crippen LogP) is 4.97. The average Bonchev–Trinajstić information content (AvgIpc) is 3.14. The Hall–Kier alpha value is -2.18. The molecule has 0 saturated carbocycles. The van der Waals surface area contributed by atoms with Crippen LogP contribution in [0.2, 0.25) is 0 Å². The van der Waals surface area contributed by atoms with Crippen molar-refractivity contribution in [2.45, 2.75) is 6.04 Å². The number of benzene rings is 2. The number of carbonyl (C=O) groups is 1. The van der Waals surface area contributed by atoms with Gasteiger partial charge in [-0.2, -0.15) is 0 Å². The lowest BCUT2D eigenvalue weighted by Crippen LogP contribution is -2.33. The van der Waals surface area contributed by atoms with Crippen molar-refractivity contribution in [3.05, 3.63) is 86.8 Å². The van der Waals surface area contributed by atoms with Gasteiger partial charge in [0, 0.05) is 9.35 Å². The summed E-state index contributed by atoms with van der Waals surface area (Å²) in [6.07, 6.45) is 0. The molecule has 1 atom stereocenters. The summed E-state index contributed by atoms with van der Waals surface area (Å²) in [6.45, 7) is -0.00669. The highest BCUT2D eigenvalue weighted by molar-refractivity contribution is 9.10. The average molecular weight is 419 g/mol. The molecule has 2 N–H and O–H groups in total. The minimum absolute atomic E-state index is 0.00669. The molecular formula is C19H16BrFN2OS. The third kappa shape index (κ3) is 4.67. The number of nitrogens with one attached hydrogen (secondary N) is 2. The van der Waals surface area contributed by atoms with Gasteiger partial charge in [0.2, 0.25) is 5.91 Å². The van der Waals surface area contributed by atoms with Gasteiger partial charge in [-0.15, -0.1) is 11.3 Å². The molecule has 1 amide bonds. The number of anilines is 1. The molecule has 128 valence electrons. The third-order valence-corrected chi connectivity index (χ3v) is 5.07. The monoisotopic (exact) mass is 418 g/mol. The van der Waals surface area contributed by atoms with Crippen LogP contribution in [0.25, 0.3) is 0 Å². The summed E-state index contributed by atoms with van der Waals surface area (Å²) < 4.78 is 14.5. The van der Waals surface area contributed by atoms with Crippen molar-refractivity contribution < 1.29 is 9.18 Å². The fraction of sp³-hybridized carbons (Fsp3) is 0.105. The molecule has 25 heavy (non-hydrogen) atoms. The Morgan fingerprint density at radius 3 is 2.60 bits per heavy atom. The first-order chi connectivity index (χ1) is 12.1. The normalized spacial score (nSPS) is 11.8. The Kier molecular flexibility index (Phi) is 5.83. The zero-order chi connectivity index (χ0) is 17.6. The molecule has 6 heteroatoms. The molecule has 3 aromatic rings. The Morgan fingerprint density at radius 2 is 1.92 bits per heavy atom. The number of carbonyl (C=O) groups excluding carboxylic acids is 1. The van der Waals surface area contributed by atoms with E-state index < -0.39 is 5.82 Å². The first-order valence-electron chi connectivity index (χ1n) is 7.70. The molecular weight excluding hydrogens is 403 g/mol. The highest BCUT2D eigenvalue weighted by atomic mass is 79.9. The van der Waals surface area contributed by atoms with E-state index in [2.05, 4.69) is 26.6 Å². The maximum atomic E-state index is 13.8. The van der Waals surface area contributed by atoms with Gasteiger partial charge >= 0.3 is 0 Å². The molecule has 0 fully saturated rings. The first-order valence-corrected chi connectivity index (χ1v) is 9.37. The van der Waals surface area contributed by atoms with Gasteiger partial charge in [-0.25, -0.2) is 4.39 Å². The minimum atomic E-state index is -0.403. The summed E-state index contributed by atoms with van der Waals surface area (Å²) in [4.78, 5) is 13.4. The maximum Gasteiger partial charge on any atom is 0.240 e. The zero-order valence-electron chi connectivity index (χ0n) is 13.2. The fourth-order valence-electron chi connectivity index (χ4n) is 2.44. The lowest BCUT2D eigenvalue weighted by atomic mass is 10.1. The van der Waals surface area contributed by atoms with E-state index >= 15 is 0 Å². The van der Waals surface area contributed by atoms with Crippen molar-refractivity contribution in [1.29, 1.82) is 0 Å². The van der Waals surface area contributed by atoms with Gasteiger partial charge in [0.1, 0.15) is 5.82 Å². The maximum absolute atomic E-state index is 13.8. The van der Waals surface area contributed by atoms with Crippen LogP contribution in [-0.2, 0) is 4.79 Å². The van der Waals surface area contributed by atoms with Crippen LogP contribution in [0.15, 0.2) is 70.5 Å². The number of hydrogen-bond donors (Lipinski definition) is 2. The van der Waals surface area contributed by atoms with E-state index in [9.17, 15) is 9.18 Å². The van der Waals surface area contributed by atoms with E-state index in [0.717, 1.165) is 10.4 Å². The molecule has 0 aliphatic heterocycles. The fourth-order valence-corrected chi connectivity index (χ4v) is 3.58. The molecule has 1 heterocycles. The Morgan fingerprint density at radius 1 is 1.12 bits per heavy atom. The molecule has 0 saturated heterocycles. The summed E-state index contributed by atoms with van der Waals surface area (Å²) in [6, 6.07) is 18.2. The van der Waals surface area contributed by atoms with Crippen LogP contribution in [0.1, 0.15) is 16.5 Å². The van der Waals surface area contributed by atoms with Gasteiger partial charge < -0.3 is 10.6 Å². The van der Waals surface area contributed by atoms with E-state index in [1.54, 1.807) is 23.5 Å². The van der Waals surface area contributed by atoms with E-state index in [0.29, 0.717) is 10.2 Å². The first kappa shape index (κ1) is 17.6. The second-order valence-electron chi connectivity index (χ2n) is 5.40. The second-order valence-corrected chi connectivity index (χ2v) is 7.30. The number of rotatable bonds is 6. The van der Waals surface area contributed by atoms with E-state index in [1.807, 2.05) is 47.8 Å². The van der Waals surface area contributed by atoms with Gasteiger partial charge in [-0.3, -0.25) is 4.79 Å². The molecule has 0 radical (unpaired) electrons. The summed E-state index contributed by atoms with van der Waals surface area (Å²) in [7, 11) is 0. The standard InChI is InChI=1S/C19H16BrFN2OS/c20-14-8-9-16(15(21)11-14)22-12-18(24)23-19(17-7-4-10-25-17)13-5-2-1-3-6-13/h1-11,19,22H,12H2,(H,23,24)/t19-/m0/s1. The molecule has 0 aliphatic rings. The van der Waals surface area contributed by atoms with Gasteiger partial charge in [-0.1, -0.05) is 52.3 Å². The molecule has 0 bridgehead atoms. The molecule has 0 spiro atoms. The van der Waals surface area contributed by atoms with Crippen molar-refractivity contribution in [2.24, 2.45) is 0 Å². The second kappa shape index (κ2) is 8.27. The van der Waals surface area contributed by atoms with Gasteiger partial charge in [0.05, 0.1) is 18.3 Å². The number of amides is 1. The summed E-state index contributed by atoms with van der Waals surface area (Å²) >= 11 is 4.80. The molecule has 2 aromatic carbocycles. The topological polar surface area (TPSA) is 41.1 Å². The van der Waals surface area contributed by atoms with Gasteiger partial charge in [0.25, 0.3) is 0 Å². The Bertz CT molecular complexity index is 840. The van der Waals surface area contributed by atoms with Crippen LogP contribution in [0.5, 0.6) is 0 Å². The smallest absolute Gasteiger partial charge is 0.240 e. The van der Waals surface area contributed by atoms with Crippen molar-refractivity contribution in [2.75, 3.05) is 11.9 Å². The Labute approximate surface area is 158 Å². The number of halogens is 2. The highest BCUT2D eigenvalue weighted by Gasteiger charge is 2.17. The number of hydrogen-bond acceptors (Lipinski definition) is 3. The largest absolute Gasteiger partial charge is 0.374 e. The quantitative estimate of drug-likeness (QED) is 0.593. The van der Waals surface area contributed by atoms with E-state index in [-0.39, 0.29) is 18.5 Å². The summed E-state index contributed by atoms with van der Waals surface area (Å²) in [5.74, 6) is -0.607. The van der Waals surface area contributed by atoms with E-state index in [1.165, 1.54) is 6.07 Å². The summed E-state index contributed by atoms with van der Waals surface area (Å²) in [5, 5.41) is 7.83. The lowest BCUT2D eigenvalue weighted by Gasteiger charge is -2.18. The van der Waals surface area contributed by atoms with Crippen LogP contribution in [0.4, 0.5) is 10.1 Å². The molecule has 0 aliphatic carbocycles. The molecule has 0 unspecified atom stereocenters. The van der Waals surface area contributed by atoms with Gasteiger partial charge in [-0.05, 0) is 35.2 Å². The van der Waals surface area contributed by atoms with Crippen LogP contribution in [0.3, 0.4) is 0 Å². The van der Waals surface area contributed by atoms with Crippen molar-refractivity contribution in [3.63, 3.8) is 0 Å². The van der Waals surface area contributed by atoms with Crippen molar-refractivity contribution >= 4 is 38.9 Å². The van der Waals surface area contributed by atoms with Crippen LogP contribution < -0.4 is 10.6 Å². The van der Waals surface area contributed by atoms with Crippen molar-refractivity contribution in [3.8, 4) is 0 Å². The third-order valence-electron chi connectivity index (χ3n) is 3.64. The SMILES string of the molecule is O=C(CNc1ccc(Br)cc1F)N[C@@H](c1ccccc1)c1cccs1.